The van der Waals surface area contributed by atoms with Crippen molar-refractivity contribution in [1.82, 2.24) is 24.6 Å². The first-order chi connectivity index (χ1) is 15.8. The number of piperidine rings is 2. The number of carbonyl (C=O) groups is 1. The predicted octanol–water partition coefficient (Wildman–Crippen LogP) is 3.33. The molecule has 0 saturated carbocycles. The summed E-state index contributed by atoms with van der Waals surface area (Å²) in [6, 6.07) is 3.98. The molecule has 1 amide bonds. The Kier molecular flexibility index (Phi) is 5.96. The van der Waals surface area contributed by atoms with Gasteiger partial charge in [0.2, 0.25) is 5.91 Å². The number of aryl methyl sites for hydroxylation is 1. The number of nitrogens with two attached hydrogens (primary N) is 1. The molecule has 174 valence electrons. The summed E-state index contributed by atoms with van der Waals surface area (Å²) in [7, 11) is 1.89. The van der Waals surface area contributed by atoms with Crippen LogP contribution in [0.25, 0.3) is 10.9 Å². The van der Waals surface area contributed by atoms with Gasteiger partial charge in [-0.1, -0.05) is 23.4 Å². The molecule has 2 aliphatic heterocycles. The van der Waals surface area contributed by atoms with Gasteiger partial charge < -0.3 is 15.5 Å². The van der Waals surface area contributed by atoms with E-state index in [2.05, 4.69) is 20.0 Å². The molecule has 2 aromatic heterocycles. The number of fused-ring (bicyclic) bond motifs is 1. The molecule has 4 heterocycles. The molecule has 10 heteroatoms. The monoisotopic (exact) mass is 485 g/mol. The molecule has 2 saturated heterocycles. The Morgan fingerprint density at radius 1 is 1.18 bits per heavy atom. The van der Waals surface area contributed by atoms with Crippen LogP contribution >= 0.6 is 23.4 Å². The Morgan fingerprint density at radius 2 is 1.94 bits per heavy atom. The van der Waals surface area contributed by atoms with E-state index in [1.54, 1.807) is 11.6 Å². The van der Waals surface area contributed by atoms with Crippen molar-refractivity contribution in [2.45, 2.75) is 42.1 Å². The maximum Gasteiger partial charge on any atom is 0.219 e. The molecule has 2 fully saturated rings. The molecule has 1 atom stereocenters. The Morgan fingerprint density at radius 3 is 2.61 bits per heavy atom. The van der Waals surface area contributed by atoms with E-state index in [1.807, 2.05) is 42.7 Å². The first-order valence-corrected chi connectivity index (χ1v) is 12.4. The van der Waals surface area contributed by atoms with Gasteiger partial charge in [0.05, 0.1) is 22.9 Å². The summed E-state index contributed by atoms with van der Waals surface area (Å²) < 4.78 is 1.77. The average Bonchev–Trinajstić information content (AvgIpc) is 3.20. The Bertz CT molecular complexity index is 1170. The molecule has 8 nitrogen and oxygen atoms in total. The number of amides is 1. The second-order valence-corrected chi connectivity index (χ2v) is 10.5. The summed E-state index contributed by atoms with van der Waals surface area (Å²) in [6.45, 7) is 4.90. The van der Waals surface area contributed by atoms with Crippen LogP contribution in [0.15, 0.2) is 40.6 Å². The lowest BCUT2D eigenvalue weighted by atomic mass is 9.68. The standard InChI is InChI=1S/C23H28ClN7OS/c1-15(32)31-10-7-23(19(25)14-31)5-8-30(9-6-23)20-11-27-21(12-26-20)33-18-4-3-17-16(22(18)24)13-29(2)28-17/h3-4,11-13,19H,5-10,14,25H2,1-2H3/t19-/m0/s1. The second kappa shape index (κ2) is 8.77. The largest absolute Gasteiger partial charge is 0.355 e. The van der Waals surface area contributed by atoms with Gasteiger partial charge in [0.1, 0.15) is 10.8 Å². The third-order valence-electron chi connectivity index (χ3n) is 7.14. The van der Waals surface area contributed by atoms with Crippen molar-refractivity contribution in [3.63, 3.8) is 0 Å². The van der Waals surface area contributed by atoms with Crippen LogP contribution in [-0.2, 0) is 11.8 Å². The van der Waals surface area contributed by atoms with Crippen LogP contribution in [-0.4, -0.2) is 62.8 Å². The minimum Gasteiger partial charge on any atom is -0.355 e. The summed E-state index contributed by atoms with van der Waals surface area (Å²) in [5.74, 6) is 1.00. The topological polar surface area (TPSA) is 93.2 Å². The Balaban J connectivity index is 1.23. The van der Waals surface area contributed by atoms with Gasteiger partial charge >= 0.3 is 0 Å². The third-order valence-corrected chi connectivity index (χ3v) is 8.64. The molecular formula is C23H28ClN7OS. The molecule has 33 heavy (non-hydrogen) atoms. The lowest BCUT2D eigenvalue weighted by molar-refractivity contribution is -0.132. The number of benzene rings is 1. The lowest BCUT2D eigenvalue weighted by Gasteiger charge is -2.50. The average molecular weight is 486 g/mol. The number of likely N-dealkylation sites (tertiary alicyclic amines) is 1. The van der Waals surface area contributed by atoms with Crippen molar-refractivity contribution in [2.24, 2.45) is 18.2 Å². The first-order valence-electron chi connectivity index (χ1n) is 11.2. The van der Waals surface area contributed by atoms with Gasteiger partial charge in [-0.05, 0) is 36.8 Å². The van der Waals surface area contributed by atoms with Crippen LogP contribution in [0.5, 0.6) is 0 Å². The summed E-state index contributed by atoms with van der Waals surface area (Å²) in [4.78, 5) is 26.1. The van der Waals surface area contributed by atoms with Gasteiger partial charge in [-0.3, -0.25) is 9.48 Å². The summed E-state index contributed by atoms with van der Waals surface area (Å²) >= 11 is 8.11. The number of nitrogens with zero attached hydrogens (tertiary/aromatic N) is 6. The number of halogens is 1. The predicted molar refractivity (Wildman–Crippen MR) is 131 cm³/mol. The number of aromatic nitrogens is 4. The van der Waals surface area contributed by atoms with E-state index < -0.39 is 0 Å². The fourth-order valence-corrected chi connectivity index (χ4v) is 6.12. The van der Waals surface area contributed by atoms with Crippen LogP contribution in [0.2, 0.25) is 5.02 Å². The normalized spacial score (nSPS) is 20.5. The van der Waals surface area contributed by atoms with Gasteiger partial charge in [0.25, 0.3) is 0 Å². The number of hydrogen-bond acceptors (Lipinski definition) is 7. The van der Waals surface area contributed by atoms with E-state index in [4.69, 9.17) is 17.3 Å². The van der Waals surface area contributed by atoms with Crippen LogP contribution < -0.4 is 10.6 Å². The second-order valence-electron chi connectivity index (χ2n) is 9.10. The summed E-state index contributed by atoms with van der Waals surface area (Å²) in [5.41, 5.74) is 7.53. The van der Waals surface area contributed by atoms with Crippen molar-refractivity contribution >= 4 is 46.0 Å². The number of rotatable bonds is 3. The van der Waals surface area contributed by atoms with Gasteiger partial charge in [-0.15, -0.1) is 0 Å². The Labute approximate surface area is 202 Å². The molecule has 3 aromatic rings. The first kappa shape index (κ1) is 22.4. The highest BCUT2D eigenvalue weighted by Gasteiger charge is 2.43. The SMILES string of the molecule is CC(=O)N1CCC2(CCN(c3cnc(Sc4ccc5nn(C)cc5c4Cl)cn3)CC2)[C@@H](N)C1. The fourth-order valence-electron chi connectivity index (χ4n) is 5.03. The van der Waals surface area contributed by atoms with Crippen molar-refractivity contribution < 1.29 is 4.79 Å². The maximum absolute atomic E-state index is 11.7. The molecule has 2 aliphatic rings. The van der Waals surface area contributed by atoms with Crippen molar-refractivity contribution in [1.29, 1.82) is 0 Å². The highest BCUT2D eigenvalue weighted by Crippen LogP contribution is 2.41. The van der Waals surface area contributed by atoms with Crippen molar-refractivity contribution in [3.8, 4) is 0 Å². The molecule has 0 aliphatic carbocycles. The third kappa shape index (κ3) is 4.29. The maximum atomic E-state index is 11.7. The minimum absolute atomic E-state index is 0.0315. The quantitative estimate of drug-likeness (QED) is 0.608. The van der Waals surface area contributed by atoms with Crippen molar-refractivity contribution in [2.75, 3.05) is 31.1 Å². The lowest BCUT2D eigenvalue weighted by Crippen LogP contribution is -2.59. The van der Waals surface area contributed by atoms with Crippen LogP contribution in [0.1, 0.15) is 26.2 Å². The van der Waals surface area contributed by atoms with E-state index in [1.165, 1.54) is 11.8 Å². The molecule has 5 rings (SSSR count). The smallest absolute Gasteiger partial charge is 0.219 e. The zero-order valence-electron chi connectivity index (χ0n) is 18.9. The van der Waals surface area contributed by atoms with E-state index in [-0.39, 0.29) is 17.4 Å². The molecule has 2 N–H and O–H groups in total. The van der Waals surface area contributed by atoms with E-state index in [0.29, 0.717) is 11.6 Å². The number of hydrogen-bond donors (Lipinski definition) is 1. The van der Waals surface area contributed by atoms with Crippen molar-refractivity contribution in [3.05, 3.63) is 35.7 Å². The summed E-state index contributed by atoms with van der Waals surface area (Å²) in [6.07, 6.45) is 8.58. The molecular weight excluding hydrogens is 458 g/mol. The molecule has 1 spiro atoms. The van der Waals surface area contributed by atoms with Gasteiger partial charge in [-0.2, -0.15) is 5.10 Å². The Hall–Kier alpha value is -2.36. The molecule has 0 bridgehead atoms. The van der Waals surface area contributed by atoms with E-state index in [9.17, 15) is 4.79 Å². The van der Waals surface area contributed by atoms with Crippen LogP contribution in [0, 0.1) is 5.41 Å². The molecule has 0 unspecified atom stereocenters. The highest BCUT2D eigenvalue weighted by molar-refractivity contribution is 7.99. The van der Waals surface area contributed by atoms with Gasteiger partial charge in [0, 0.05) is 62.7 Å². The highest BCUT2D eigenvalue weighted by atomic mass is 35.5. The minimum atomic E-state index is 0.0315. The number of anilines is 1. The van der Waals surface area contributed by atoms with Gasteiger partial charge in [0.15, 0.2) is 0 Å². The number of carbonyl (C=O) groups excluding carboxylic acids is 1. The van der Waals surface area contributed by atoms with E-state index in [0.717, 1.165) is 65.5 Å². The zero-order valence-corrected chi connectivity index (χ0v) is 20.4. The fraction of sp³-hybridized carbons (Fsp3) is 0.478. The van der Waals surface area contributed by atoms with Gasteiger partial charge in [-0.25, -0.2) is 9.97 Å². The van der Waals surface area contributed by atoms with E-state index >= 15 is 0 Å². The van der Waals surface area contributed by atoms with Crippen LogP contribution in [0.3, 0.4) is 0 Å². The zero-order chi connectivity index (χ0) is 23.2. The molecule has 1 aromatic carbocycles. The van der Waals surface area contributed by atoms with Crippen LogP contribution in [0.4, 0.5) is 5.82 Å². The molecule has 0 radical (unpaired) electrons. The summed E-state index contributed by atoms with van der Waals surface area (Å²) in [5, 5.41) is 6.82.